The van der Waals surface area contributed by atoms with Crippen LogP contribution in [0.5, 0.6) is 0 Å². The molecule has 1 unspecified atom stereocenters. The summed E-state index contributed by atoms with van der Waals surface area (Å²) in [6.45, 7) is 5.89. The molecule has 1 amide bonds. The molecule has 0 aromatic rings. The Morgan fingerprint density at radius 1 is 1.33 bits per heavy atom. The van der Waals surface area contributed by atoms with Crippen LogP contribution in [0.4, 0.5) is 0 Å². The number of hydrogen-bond donors (Lipinski definition) is 1. The molecule has 1 atom stereocenters. The summed E-state index contributed by atoms with van der Waals surface area (Å²) in [6.07, 6.45) is 0.798. The molecule has 0 rings (SSSR count). The van der Waals surface area contributed by atoms with Crippen LogP contribution in [0.3, 0.4) is 0 Å². The quantitative estimate of drug-likeness (QED) is 0.683. The second-order valence-corrected chi connectivity index (χ2v) is 4.01. The molecule has 0 aliphatic carbocycles. The predicted molar refractivity (Wildman–Crippen MR) is 51.3 cm³/mol. The molecule has 0 aliphatic rings. The smallest absolute Gasteiger partial charge is 0.550 e. The first-order valence-electron chi connectivity index (χ1n) is 4.86. The molecule has 0 heterocycles. The zero-order chi connectivity index (χ0) is 11.1. The maximum atomic E-state index is 10.6. The Morgan fingerprint density at radius 2 is 1.87 bits per heavy atom. The van der Waals surface area contributed by atoms with Crippen molar-refractivity contribution in [1.82, 2.24) is 5.32 Å². The Bertz CT molecular complexity index is 207. The van der Waals surface area contributed by atoms with Gasteiger partial charge in [-0.1, -0.05) is 13.8 Å². The molecule has 0 fully saturated rings. The number of amides is 1. The van der Waals surface area contributed by atoms with Gasteiger partial charge in [0.2, 0.25) is 5.91 Å². The third kappa shape index (κ3) is 11.5. The summed E-state index contributed by atoms with van der Waals surface area (Å²) in [4.78, 5) is 21.1. The van der Waals surface area contributed by atoms with Gasteiger partial charge in [0.05, 0.1) is 0 Å². The average Bonchev–Trinajstić information content (AvgIpc) is 1.97. The monoisotopic (exact) mass is 264 g/mol. The number of aliphatic carboxylic acids is 1. The van der Waals surface area contributed by atoms with Crippen molar-refractivity contribution in [3.8, 4) is 0 Å². The zero-order valence-corrected chi connectivity index (χ0v) is 12.7. The molecule has 0 aromatic heterocycles. The van der Waals surface area contributed by atoms with E-state index in [0.717, 1.165) is 6.42 Å². The molecule has 1 N–H and O–H groups in total. The van der Waals surface area contributed by atoms with E-state index in [2.05, 4.69) is 5.32 Å². The van der Waals surface area contributed by atoms with E-state index in [4.69, 9.17) is 0 Å². The van der Waals surface area contributed by atoms with Crippen molar-refractivity contribution in [3.05, 3.63) is 0 Å². The van der Waals surface area contributed by atoms with Crippen molar-refractivity contribution in [1.29, 1.82) is 0 Å². The molecule has 5 heteroatoms. The van der Waals surface area contributed by atoms with Crippen LogP contribution in [0.1, 0.15) is 33.6 Å². The van der Waals surface area contributed by atoms with E-state index < -0.39 is 5.97 Å². The largest absolute Gasteiger partial charge is 2.00 e. The van der Waals surface area contributed by atoms with Gasteiger partial charge in [-0.25, -0.2) is 0 Å². The Balaban J connectivity index is 0. The molecule has 15 heavy (non-hydrogen) atoms. The minimum absolute atomic E-state index is 0. The average molecular weight is 266 g/mol. The summed E-state index contributed by atoms with van der Waals surface area (Å²) < 4.78 is 0. The van der Waals surface area contributed by atoms with Gasteiger partial charge in [0.1, 0.15) is 0 Å². The summed E-state index contributed by atoms with van der Waals surface area (Å²) in [5.74, 6) is -0.782. The van der Waals surface area contributed by atoms with E-state index in [1.807, 2.05) is 13.8 Å². The van der Waals surface area contributed by atoms with Crippen molar-refractivity contribution in [3.63, 3.8) is 0 Å². The van der Waals surface area contributed by atoms with Crippen molar-refractivity contribution in [2.75, 3.05) is 6.54 Å². The maximum absolute atomic E-state index is 10.6. The molecular weight excluding hydrogens is 248 g/mol. The van der Waals surface area contributed by atoms with Crippen LogP contribution in [0, 0.1) is 11.8 Å². The number of rotatable bonds is 6. The van der Waals surface area contributed by atoms with E-state index in [9.17, 15) is 14.7 Å². The summed E-state index contributed by atoms with van der Waals surface area (Å²) in [7, 11) is 0. The first-order chi connectivity index (χ1) is 6.41. The topological polar surface area (TPSA) is 69.2 Å². The molecule has 4 nitrogen and oxygen atoms in total. The van der Waals surface area contributed by atoms with Crippen LogP contribution in [-0.2, 0) is 29.1 Å². The molecule has 0 bridgehead atoms. The van der Waals surface area contributed by atoms with Crippen molar-refractivity contribution in [2.24, 2.45) is 11.8 Å². The number of carboxylic acid groups (broad SMARTS) is 1. The van der Waals surface area contributed by atoms with Crippen molar-refractivity contribution in [2.45, 2.75) is 33.6 Å². The molecule has 0 saturated carbocycles. The Kier molecular flexibility index (Phi) is 10.0. The number of hydrogen-bond acceptors (Lipinski definition) is 3. The fourth-order valence-corrected chi connectivity index (χ4v) is 1.43. The van der Waals surface area contributed by atoms with Crippen LogP contribution >= 0.6 is 0 Å². The standard InChI is InChI=1S/C10H19NO3.Zn/c1-7(2)4-9(5-10(13)14)6-11-8(3)12;/h7,9H,4-6H2,1-3H3,(H,11,12)(H,13,14);/q;+2/p-1. The van der Waals surface area contributed by atoms with Gasteiger partial charge in [0.25, 0.3) is 0 Å². The van der Waals surface area contributed by atoms with E-state index in [1.54, 1.807) is 0 Å². The van der Waals surface area contributed by atoms with E-state index >= 15 is 0 Å². The Hall–Kier alpha value is -0.437. The zero-order valence-electron chi connectivity index (χ0n) is 9.71. The van der Waals surface area contributed by atoms with Gasteiger partial charge in [-0.15, -0.1) is 0 Å². The van der Waals surface area contributed by atoms with Crippen molar-refractivity contribution >= 4 is 11.9 Å². The van der Waals surface area contributed by atoms with Gasteiger partial charge in [-0.05, 0) is 24.7 Å². The van der Waals surface area contributed by atoms with Crippen LogP contribution in [-0.4, -0.2) is 18.4 Å². The molecular formula is C10H18NO3Zn+. The summed E-state index contributed by atoms with van der Waals surface area (Å²) >= 11 is 0. The van der Waals surface area contributed by atoms with Crippen LogP contribution in [0.25, 0.3) is 0 Å². The number of nitrogens with one attached hydrogen (secondary N) is 1. The first kappa shape index (κ1) is 17.0. The second kappa shape index (κ2) is 8.84. The van der Waals surface area contributed by atoms with Crippen LogP contribution in [0.2, 0.25) is 0 Å². The van der Waals surface area contributed by atoms with Gasteiger partial charge < -0.3 is 15.2 Å². The molecule has 82 valence electrons. The maximum Gasteiger partial charge on any atom is 2.00 e. The predicted octanol–water partition coefficient (Wildman–Crippen LogP) is -0.0777. The SMILES string of the molecule is CC(=O)NCC(CC(=O)[O-])CC(C)C.[Zn+2]. The Labute approximate surface area is 104 Å². The second-order valence-electron chi connectivity index (χ2n) is 4.01. The number of carboxylic acids is 1. The van der Waals surface area contributed by atoms with Gasteiger partial charge in [-0.3, -0.25) is 4.79 Å². The minimum Gasteiger partial charge on any atom is -0.550 e. The molecule has 0 aliphatic heterocycles. The van der Waals surface area contributed by atoms with Gasteiger partial charge >= 0.3 is 19.5 Å². The normalized spacial score (nSPS) is 11.7. The summed E-state index contributed by atoms with van der Waals surface area (Å²) in [5.41, 5.74) is 0. The Morgan fingerprint density at radius 3 is 2.20 bits per heavy atom. The van der Waals surface area contributed by atoms with Crippen LogP contribution in [0.15, 0.2) is 0 Å². The van der Waals surface area contributed by atoms with Crippen LogP contribution < -0.4 is 10.4 Å². The van der Waals surface area contributed by atoms with E-state index in [1.165, 1.54) is 6.92 Å². The van der Waals surface area contributed by atoms with Gasteiger partial charge in [0, 0.05) is 19.4 Å². The molecule has 0 radical (unpaired) electrons. The van der Waals surface area contributed by atoms with E-state index in [0.29, 0.717) is 12.5 Å². The number of carbonyl (C=O) groups is 2. The third-order valence-corrected chi connectivity index (χ3v) is 1.90. The number of carbonyl (C=O) groups excluding carboxylic acids is 2. The fraction of sp³-hybridized carbons (Fsp3) is 0.800. The molecule has 0 saturated heterocycles. The summed E-state index contributed by atoms with van der Waals surface area (Å²) in [5, 5.41) is 13.0. The molecule has 0 aromatic carbocycles. The van der Waals surface area contributed by atoms with E-state index in [-0.39, 0.29) is 37.7 Å². The van der Waals surface area contributed by atoms with Gasteiger partial charge in [-0.2, -0.15) is 0 Å². The third-order valence-electron chi connectivity index (χ3n) is 1.90. The first-order valence-corrected chi connectivity index (χ1v) is 4.86. The summed E-state index contributed by atoms with van der Waals surface area (Å²) in [6, 6.07) is 0. The molecule has 0 spiro atoms. The van der Waals surface area contributed by atoms with Gasteiger partial charge in [0.15, 0.2) is 0 Å². The van der Waals surface area contributed by atoms with Crippen molar-refractivity contribution < 1.29 is 34.2 Å². The minimum atomic E-state index is -1.05. The fourth-order valence-electron chi connectivity index (χ4n) is 1.43.